The van der Waals surface area contributed by atoms with Crippen LogP contribution in [0, 0.1) is 5.92 Å². The van der Waals surface area contributed by atoms with E-state index in [2.05, 4.69) is 29.6 Å². The van der Waals surface area contributed by atoms with Crippen LogP contribution in [0.4, 0.5) is 0 Å². The molecule has 0 bridgehead atoms. The zero-order valence-corrected chi connectivity index (χ0v) is 9.07. The van der Waals surface area contributed by atoms with E-state index in [4.69, 9.17) is 5.84 Å². The molecule has 5 heteroatoms. The molecule has 1 atom stereocenters. The van der Waals surface area contributed by atoms with Gasteiger partial charge in [-0.3, -0.25) is 16.0 Å². The smallest absolute Gasteiger partial charge is 0.0843 e. The molecule has 14 heavy (non-hydrogen) atoms. The second-order valence-corrected chi connectivity index (χ2v) is 4.08. The van der Waals surface area contributed by atoms with Crippen molar-refractivity contribution in [2.24, 2.45) is 18.8 Å². The van der Waals surface area contributed by atoms with Crippen molar-refractivity contribution in [3.8, 4) is 0 Å². The van der Waals surface area contributed by atoms with E-state index in [-0.39, 0.29) is 6.04 Å². The average molecular weight is 197 g/mol. The second-order valence-electron chi connectivity index (χ2n) is 4.08. The Hall–Kier alpha value is -0.940. The minimum Gasteiger partial charge on any atom is -0.271 e. The molecule has 1 unspecified atom stereocenters. The third-order valence-corrected chi connectivity index (χ3v) is 2.10. The molecule has 0 saturated carbocycles. The summed E-state index contributed by atoms with van der Waals surface area (Å²) in [6.07, 6.45) is 3.81. The lowest BCUT2D eigenvalue weighted by atomic mass is 10.0. The van der Waals surface area contributed by atoms with E-state index >= 15 is 0 Å². The predicted molar refractivity (Wildman–Crippen MR) is 55.3 cm³/mol. The van der Waals surface area contributed by atoms with Gasteiger partial charge in [0.05, 0.1) is 5.69 Å². The van der Waals surface area contributed by atoms with Gasteiger partial charge in [-0.15, -0.1) is 5.10 Å². The quantitative estimate of drug-likeness (QED) is 0.524. The van der Waals surface area contributed by atoms with Crippen molar-refractivity contribution >= 4 is 0 Å². The summed E-state index contributed by atoms with van der Waals surface area (Å²) in [7, 11) is 1.86. The molecule has 0 amide bonds. The van der Waals surface area contributed by atoms with Gasteiger partial charge in [0.15, 0.2) is 0 Å². The number of nitrogens with zero attached hydrogens (tertiary/aromatic N) is 3. The lowest BCUT2D eigenvalue weighted by molar-refractivity contribution is 0.420. The minimum absolute atomic E-state index is 0.284. The van der Waals surface area contributed by atoms with Crippen LogP contribution in [0.3, 0.4) is 0 Å². The number of aryl methyl sites for hydroxylation is 1. The molecule has 0 aliphatic carbocycles. The average Bonchev–Trinajstić information content (AvgIpc) is 2.49. The molecule has 1 rings (SSSR count). The van der Waals surface area contributed by atoms with Gasteiger partial charge < -0.3 is 0 Å². The van der Waals surface area contributed by atoms with Crippen molar-refractivity contribution in [2.75, 3.05) is 0 Å². The number of hydrogen-bond donors (Lipinski definition) is 2. The van der Waals surface area contributed by atoms with Crippen LogP contribution in [-0.4, -0.2) is 21.0 Å². The molecule has 0 radical (unpaired) electrons. The standard InChI is InChI=1S/C9H19N5/c1-7(2)4-8(11-10)5-9-6-14(3)13-12-9/h6-8,11H,4-5,10H2,1-3H3. The Morgan fingerprint density at radius 3 is 2.71 bits per heavy atom. The fourth-order valence-corrected chi connectivity index (χ4v) is 1.52. The van der Waals surface area contributed by atoms with E-state index < -0.39 is 0 Å². The second kappa shape index (κ2) is 5.07. The monoisotopic (exact) mass is 197 g/mol. The van der Waals surface area contributed by atoms with Gasteiger partial charge in [0, 0.05) is 25.7 Å². The Kier molecular flexibility index (Phi) is 4.03. The molecule has 0 saturated heterocycles. The van der Waals surface area contributed by atoms with E-state index in [9.17, 15) is 0 Å². The third-order valence-electron chi connectivity index (χ3n) is 2.10. The largest absolute Gasteiger partial charge is 0.271 e. The van der Waals surface area contributed by atoms with Crippen LogP contribution in [0.15, 0.2) is 6.20 Å². The first-order chi connectivity index (χ1) is 6.61. The first-order valence-corrected chi connectivity index (χ1v) is 4.93. The van der Waals surface area contributed by atoms with Crippen LogP contribution < -0.4 is 11.3 Å². The summed E-state index contributed by atoms with van der Waals surface area (Å²) in [6, 6.07) is 0.284. The fraction of sp³-hybridized carbons (Fsp3) is 0.778. The number of rotatable bonds is 5. The number of nitrogens with two attached hydrogens (primary N) is 1. The zero-order chi connectivity index (χ0) is 10.6. The maximum atomic E-state index is 5.47. The van der Waals surface area contributed by atoms with Crippen molar-refractivity contribution in [2.45, 2.75) is 32.7 Å². The van der Waals surface area contributed by atoms with Crippen molar-refractivity contribution in [1.29, 1.82) is 0 Å². The summed E-state index contributed by atoms with van der Waals surface area (Å²) < 4.78 is 1.71. The van der Waals surface area contributed by atoms with E-state index in [1.165, 1.54) is 0 Å². The highest BCUT2D eigenvalue weighted by Crippen LogP contribution is 2.08. The highest BCUT2D eigenvalue weighted by atomic mass is 15.4. The molecular weight excluding hydrogens is 178 g/mol. The molecule has 1 aromatic heterocycles. The molecule has 0 aromatic carbocycles. The van der Waals surface area contributed by atoms with Crippen LogP contribution >= 0.6 is 0 Å². The lowest BCUT2D eigenvalue weighted by Gasteiger charge is -2.16. The third kappa shape index (κ3) is 3.43. The molecule has 0 fully saturated rings. The summed E-state index contributed by atoms with van der Waals surface area (Å²) >= 11 is 0. The molecule has 5 nitrogen and oxygen atoms in total. The van der Waals surface area contributed by atoms with Gasteiger partial charge in [0.1, 0.15) is 0 Å². The van der Waals surface area contributed by atoms with Gasteiger partial charge in [0.2, 0.25) is 0 Å². The first-order valence-electron chi connectivity index (χ1n) is 4.93. The van der Waals surface area contributed by atoms with E-state index in [1.54, 1.807) is 4.68 Å². The summed E-state index contributed by atoms with van der Waals surface area (Å²) in [5.74, 6) is 6.10. The molecular formula is C9H19N5. The summed E-state index contributed by atoms with van der Waals surface area (Å²) in [5, 5.41) is 7.91. The van der Waals surface area contributed by atoms with Crippen LogP contribution in [0.1, 0.15) is 26.0 Å². The first kappa shape index (κ1) is 11.1. The Morgan fingerprint density at radius 1 is 1.57 bits per heavy atom. The molecule has 0 spiro atoms. The van der Waals surface area contributed by atoms with E-state index in [1.807, 2.05) is 13.2 Å². The fourth-order valence-electron chi connectivity index (χ4n) is 1.52. The highest BCUT2D eigenvalue weighted by Gasteiger charge is 2.11. The van der Waals surface area contributed by atoms with E-state index in [0.29, 0.717) is 5.92 Å². The minimum atomic E-state index is 0.284. The summed E-state index contributed by atoms with van der Waals surface area (Å²) in [5.41, 5.74) is 3.80. The summed E-state index contributed by atoms with van der Waals surface area (Å²) in [6.45, 7) is 4.36. The van der Waals surface area contributed by atoms with Gasteiger partial charge >= 0.3 is 0 Å². The van der Waals surface area contributed by atoms with Gasteiger partial charge in [0.25, 0.3) is 0 Å². The maximum Gasteiger partial charge on any atom is 0.0843 e. The van der Waals surface area contributed by atoms with Crippen LogP contribution in [0.5, 0.6) is 0 Å². The Balaban J connectivity index is 2.48. The number of aromatic nitrogens is 3. The van der Waals surface area contributed by atoms with E-state index in [0.717, 1.165) is 18.5 Å². The lowest BCUT2D eigenvalue weighted by Crippen LogP contribution is -2.37. The molecule has 1 heterocycles. The molecule has 3 N–H and O–H groups in total. The van der Waals surface area contributed by atoms with Gasteiger partial charge in [-0.05, 0) is 12.3 Å². The maximum absolute atomic E-state index is 5.47. The molecule has 0 aliphatic heterocycles. The topological polar surface area (TPSA) is 68.8 Å². The molecule has 1 aromatic rings. The van der Waals surface area contributed by atoms with Crippen LogP contribution in [0.25, 0.3) is 0 Å². The van der Waals surface area contributed by atoms with Gasteiger partial charge in [-0.1, -0.05) is 19.1 Å². The number of hydrogen-bond acceptors (Lipinski definition) is 4. The normalized spacial score (nSPS) is 13.5. The van der Waals surface area contributed by atoms with Crippen molar-refractivity contribution in [3.05, 3.63) is 11.9 Å². The number of nitrogens with one attached hydrogen (secondary N) is 1. The Bertz CT molecular complexity index is 268. The SMILES string of the molecule is CC(C)CC(Cc1cn(C)nn1)NN. The Labute approximate surface area is 84.6 Å². The van der Waals surface area contributed by atoms with Gasteiger partial charge in [-0.25, -0.2) is 0 Å². The highest BCUT2D eigenvalue weighted by molar-refractivity contribution is 4.95. The van der Waals surface area contributed by atoms with Crippen molar-refractivity contribution in [3.63, 3.8) is 0 Å². The van der Waals surface area contributed by atoms with Gasteiger partial charge in [-0.2, -0.15) is 0 Å². The number of hydrazine groups is 1. The zero-order valence-electron chi connectivity index (χ0n) is 9.07. The van der Waals surface area contributed by atoms with Crippen LogP contribution in [-0.2, 0) is 13.5 Å². The van der Waals surface area contributed by atoms with Crippen molar-refractivity contribution < 1.29 is 0 Å². The predicted octanol–water partition coefficient (Wildman–Crippen LogP) is 0.236. The molecule has 0 aliphatic rings. The Morgan fingerprint density at radius 2 is 2.29 bits per heavy atom. The summed E-state index contributed by atoms with van der Waals surface area (Å²) in [4.78, 5) is 0. The van der Waals surface area contributed by atoms with Crippen molar-refractivity contribution in [1.82, 2.24) is 20.4 Å². The molecule has 80 valence electrons. The van der Waals surface area contributed by atoms with Crippen LogP contribution in [0.2, 0.25) is 0 Å².